The summed E-state index contributed by atoms with van der Waals surface area (Å²) in [5.74, 6) is -2.33. The maximum atomic E-state index is 13.7. The number of ether oxygens (including phenoxy) is 1. The first kappa shape index (κ1) is 25.6. The van der Waals surface area contributed by atoms with E-state index in [0.29, 0.717) is 5.92 Å². The minimum Gasteiger partial charge on any atom is -0.486 e. The van der Waals surface area contributed by atoms with Crippen LogP contribution in [0.4, 0.5) is 13.2 Å². The maximum absolute atomic E-state index is 13.7. The molecule has 0 radical (unpaired) electrons. The number of hydrogen-bond donors (Lipinski definition) is 0. The molecule has 1 atom stereocenters. The Morgan fingerprint density at radius 3 is 2.00 bits per heavy atom. The molecule has 4 heteroatoms. The van der Waals surface area contributed by atoms with Crippen molar-refractivity contribution >= 4 is 0 Å². The fourth-order valence-corrected chi connectivity index (χ4v) is 5.14. The van der Waals surface area contributed by atoms with Crippen molar-refractivity contribution in [3.8, 4) is 5.75 Å². The maximum Gasteiger partial charge on any atom is 0.194 e. The number of benzene rings is 2. The lowest BCUT2D eigenvalue weighted by Crippen LogP contribution is -2.17. The van der Waals surface area contributed by atoms with Gasteiger partial charge in [-0.25, -0.2) is 13.2 Å². The number of hydrogen-bond acceptors (Lipinski definition) is 1. The molecular weight excluding hydrogens is 421 g/mol. The lowest BCUT2D eigenvalue weighted by Gasteiger charge is -2.30. The zero-order valence-electron chi connectivity index (χ0n) is 20.0. The second-order valence-corrected chi connectivity index (χ2v) is 9.74. The normalized spacial score (nSPS) is 19.4. The Morgan fingerprint density at radius 1 is 0.788 bits per heavy atom. The summed E-state index contributed by atoms with van der Waals surface area (Å²) in [6.07, 6.45) is 16.2. The lowest BCUT2D eigenvalue weighted by molar-refractivity contribution is 0.166. The van der Waals surface area contributed by atoms with E-state index in [9.17, 15) is 13.2 Å². The Bertz CT molecular complexity index is 792. The van der Waals surface area contributed by atoms with Crippen molar-refractivity contribution < 1.29 is 17.9 Å². The van der Waals surface area contributed by atoms with Crippen molar-refractivity contribution in [2.45, 2.75) is 96.5 Å². The van der Waals surface area contributed by atoms with E-state index < -0.39 is 17.5 Å². The highest BCUT2D eigenvalue weighted by Crippen LogP contribution is 2.37. The van der Waals surface area contributed by atoms with Gasteiger partial charge in [-0.3, -0.25) is 0 Å². The van der Waals surface area contributed by atoms with Crippen molar-refractivity contribution in [3.63, 3.8) is 0 Å². The molecule has 1 aliphatic rings. The summed E-state index contributed by atoms with van der Waals surface area (Å²) in [5, 5.41) is 0. The largest absolute Gasteiger partial charge is 0.486 e. The molecule has 0 spiro atoms. The minimum absolute atomic E-state index is 0.0305. The lowest BCUT2D eigenvalue weighted by atomic mass is 9.77. The first-order valence-corrected chi connectivity index (χ1v) is 12.9. The third-order valence-electron chi connectivity index (χ3n) is 7.18. The molecule has 2 aromatic carbocycles. The SMILES string of the molecule is CCCCCCCCC1CCC(CCC(Oc2cc(F)c(F)c(F)c2)c2ccccc2)CC1. The molecule has 1 fully saturated rings. The Hall–Kier alpha value is -1.97. The van der Waals surface area contributed by atoms with Gasteiger partial charge in [-0.1, -0.05) is 108 Å². The number of rotatable bonds is 13. The number of unbranched alkanes of at least 4 members (excludes halogenated alkanes) is 5. The average molecular weight is 461 g/mol. The van der Waals surface area contributed by atoms with Gasteiger partial charge in [0.2, 0.25) is 0 Å². The number of halogens is 3. The highest BCUT2D eigenvalue weighted by atomic mass is 19.2. The minimum atomic E-state index is -1.46. The average Bonchev–Trinajstić information content (AvgIpc) is 2.83. The molecule has 2 aromatic rings. The first-order chi connectivity index (χ1) is 16.1. The van der Waals surface area contributed by atoms with Gasteiger partial charge in [0, 0.05) is 12.1 Å². The van der Waals surface area contributed by atoms with Gasteiger partial charge < -0.3 is 4.74 Å². The van der Waals surface area contributed by atoms with Gasteiger partial charge in [0.15, 0.2) is 17.5 Å². The molecule has 33 heavy (non-hydrogen) atoms. The fraction of sp³-hybridized carbons (Fsp3) is 0.586. The van der Waals surface area contributed by atoms with Crippen LogP contribution in [-0.4, -0.2) is 0 Å². The second kappa shape index (κ2) is 13.7. The standard InChI is InChI=1S/C29H39F3O/c1-2-3-4-5-6-8-11-22-14-16-23(17-15-22)18-19-28(24-12-9-7-10-13-24)33-25-20-26(30)29(32)27(31)21-25/h7,9-10,12-13,20-23,28H,2-6,8,11,14-19H2,1H3. The molecule has 1 nitrogen and oxygen atoms in total. The van der Waals surface area contributed by atoms with E-state index in [4.69, 9.17) is 4.74 Å². The molecule has 3 rings (SSSR count). The topological polar surface area (TPSA) is 9.23 Å². The fourth-order valence-electron chi connectivity index (χ4n) is 5.14. The first-order valence-electron chi connectivity index (χ1n) is 12.9. The Kier molecular flexibility index (Phi) is 10.6. The van der Waals surface area contributed by atoms with Crippen LogP contribution in [0.3, 0.4) is 0 Å². The van der Waals surface area contributed by atoms with Gasteiger partial charge in [0.25, 0.3) is 0 Å². The molecule has 0 aliphatic heterocycles. The van der Waals surface area contributed by atoms with E-state index in [1.165, 1.54) is 70.6 Å². The van der Waals surface area contributed by atoms with Crippen LogP contribution in [0, 0.1) is 29.3 Å². The molecule has 1 saturated carbocycles. The van der Waals surface area contributed by atoms with Gasteiger partial charge in [0.1, 0.15) is 11.9 Å². The summed E-state index contributed by atoms with van der Waals surface area (Å²) in [4.78, 5) is 0. The van der Waals surface area contributed by atoms with Crippen LogP contribution in [0.5, 0.6) is 5.75 Å². The van der Waals surface area contributed by atoms with Crippen LogP contribution in [-0.2, 0) is 0 Å². The van der Waals surface area contributed by atoms with Crippen LogP contribution >= 0.6 is 0 Å². The van der Waals surface area contributed by atoms with Crippen molar-refractivity contribution in [1.29, 1.82) is 0 Å². The van der Waals surface area contributed by atoms with Crippen molar-refractivity contribution in [2.24, 2.45) is 11.8 Å². The summed E-state index contributed by atoms with van der Waals surface area (Å²) < 4.78 is 46.7. The highest BCUT2D eigenvalue weighted by Gasteiger charge is 2.23. The molecule has 0 aromatic heterocycles. The van der Waals surface area contributed by atoms with Gasteiger partial charge in [-0.05, 0) is 30.2 Å². The zero-order chi connectivity index (χ0) is 23.5. The van der Waals surface area contributed by atoms with Crippen LogP contribution in [0.2, 0.25) is 0 Å². The van der Waals surface area contributed by atoms with E-state index in [0.717, 1.165) is 36.5 Å². The van der Waals surface area contributed by atoms with Gasteiger partial charge >= 0.3 is 0 Å². The van der Waals surface area contributed by atoms with Crippen molar-refractivity contribution in [2.75, 3.05) is 0 Å². The van der Waals surface area contributed by atoms with Gasteiger partial charge in [-0.15, -0.1) is 0 Å². The summed E-state index contributed by atoms with van der Waals surface area (Å²) in [6.45, 7) is 2.26. The van der Waals surface area contributed by atoms with E-state index in [1.807, 2.05) is 30.3 Å². The second-order valence-electron chi connectivity index (χ2n) is 9.74. The Labute approximate surface area is 197 Å². The molecule has 0 heterocycles. The quantitative estimate of drug-likeness (QED) is 0.214. The van der Waals surface area contributed by atoms with Crippen molar-refractivity contribution in [1.82, 2.24) is 0 Å². The van der Waals surface area contributed by atoms with Crippen molar-refractivity contribution in [3.05, 3.63) is 65.5 Å². The molecule has 0 N–H and O–H groups in total. The zero-order valence-corrected chi connectivity index (χ0v) is 20.0. The van der Waals surface area contributed by atoms with Crippen LogP contribution in [0.15, 0.2) is 42.5 Å². The molecule has 182 valence electrons. The van der Waals surface area contributed by atoms with Gasteiger partial charge in [-0.2, -0.15) is 0 Å². The van der Waals surface area contributed by atoms with E-state index >= 15 is 0 Å². The smallest absolute Gasteiger partial charge is 0.194 e. The predicted molar refractivity (Wildman–Crippen MR) is 129 cm³/mol. The summed E-state index contributed by atoms with van der Waals surface area (Å²) in [5.41, 5.74) is 0.972. The predicted octanol–water partition coefficient (Wildman–Crippen LogP) is 9.56. The van der Waals surface area contributed by atoms with E-state index in [2.05, 4.69) is 6.92 Å². The summed E-state index contributed by atoms with van der Waals surface area (Å²) in [7, 11) is 0. The molecule has 1 unspecified atom stereocenters. The summed E-state index contributed by atoms with van der Waals surface area (Å²) >= 11 is 0. The molecule has 0 amide bonds. The Balaban J connectivity index is 1.48. The van der Waals surface area contributed by atoms with Gasteiger partial charge in [0.05, 0.1) is 0 Å². The molecule has 0 bridgehead atoms. The third kappa shape index (κ3) is 8.39. The monoisotopic (exact) mass is 460 g/mol. The summed E-state index contributed by atoms with van der Waals surface area (Å²) in [6, 6.07) is 11.6. The third-order valence-corrected chi connectivity index (χ3v) is 7.18. The molecular formula is C29H39F3O. The van der Waals surface area contributed by atoms with Crippen LogP contribution in [0.25, 0.3) is 0 Å². The van der Waals surface area contributed by atoms with Crippen LogP contribution in [0.1, 0.15) is 102 Å². The van der Waals surface area contributed by atoms with E-state index in [-0.39, 0.29) is 11.9 Å². The van der Waals surface area contributed by atoms with Crippen LogP contribution < -0.4 is 4.74 Å². The van der Waals surface area contributed by atoms with E-state index in [1.54, 1.807) is 0 Å². The highest BCUT2D eigenvalue weighted by molar-refractivity contribution is 5.27. The molecule has 0 saturated heterocycles. The molecule has 1 aliphatic carbocycles. The Morgan fingerprint density at radius 2 is 1.36 bits per heavy atom.